The van der Waals surface area contributed by atoms with Gasteiger partial charge in [-0.05, 0) is 25.5 Å². The summed E-state index contributed by atoms with van der Waals surface area (Å²) in [7, 11) is 3.94. The van der Waals surface area contributed by atoms with Gasteiger partial charge < -0.3 is 9.64 Å². The molecule has 2 rings (SSSR count). The third-order valence-corrected chi connectivity index (χ3v) is 3.15. The molecule has 106 valence electrons. The molecule has 0 aliphatic heterocycles. The van der Waals surface area contributed by atoms with Gasteiger partial charge in [-0.1, -0.05) is 24.3 Å². The summed E-state index contributed by atoms with van der Waals surface area (Å²) in [5, 5.41) is 0. The molecule has 1 aromatic carbocycles. The van der Waals surface area contributed by atoms with E-state index in [0.717, 1.165) is 23.8 Å². The topological polar surface area (TPSA) is 38.2 Å². The van der Waals surface area contributed by atoms with Crippen LogP contribution in [0.25, 0.3) is 11.4 Å². The van der Waals surface area contributed by atoms with Crippen LogP contribution in [0.4, 0.5) is 5.82 Å². The molecule has 2 aromatic rings. The van der Waals surface area contributed by atoms with Gasteiger partial charge in [0.2, 0.25) is 0 Å². The summed E-state index contributed by atoms with van der Waals surface area (Å²) in [6.45, 7) is 4.78. The van der Waals surface area contributed by atoms with Crippen molar-refractivity contribution in [1.82, 2.24) is 9.97 Å². The molecule has 0 N–H and O–H groups in total. The molecule has 1 atom stereocenters. The number of aromatic nitrogens is 2. The number of hydrogen-bond donors (Lipinski definition) is 0. The number of anilines is 1. The summed E-state index contributed by atoms with van der Waals surface area (Å²) in [6, 6.07) is 10.1. The highest BCUT2D eigenvalue weighted by Gasteiger charge is 2.07. The van der Waals surface area contributed by atoms with Crippen LogP contribution in [-0.2, 0) is 4.74 Å². The van der Waals surface area contributed by atoms with Crippen molar-refractivity contribution >= 4 is 5.82 Å². The Hall–Kier alpha value is -1.94. The molecule has 1 aromatic heterocycles. The zero-order valence-electron chi connectivity index (χ0n) is 12.5. The van der Waals surface area contributed by atoms with Gasteiger partial charge in [0.1, 0.15) is 5.82 Å². The van der Waals surface area contributed by atoms with E-state index in [9.17, 15) is 0 Å². The fraction of sp³-hybridized carbons (Fsp3) is 0.375. The van der Waals surface area contributed by atoms with Crippen molar-refractivity contribution in [3.63, 3.8) is 0 Å². The number of ether oxygens (including phenoxy) is 1. The van der Waals surface area contributed by atoms with Crippen molar-refractivity contribution in [2.45, 2.75) is 20.0 Å². The molecule has 4 nitrogen and oxygen atoms in total. The van der Waals surface area contributed by atoms with Crippen molar-refractivity contribution < 1.29 is 4.74 Å². The Kier molecular flexibility index (Phi) is 4.69. The molecule has 0 aliphatic carbocycles. The van der Waals surface area contributed by atoms with Crippen LogP contribution in [0, 0.1) is 0 Å². The van der Waals surface area contributed by atoms with E-state index in [4.69, 9.17) is 4.74 Å². The fourth-order valence-corrected chi connectivity index (χ4v) is 1.99. The first kappa shape index (κ1) is 14.5. The summed E-state index contributed by atoms with van der Waals surface area (Å²) in [6.07, 6.45) is 1.90. The van der Waals surface area contributed by atoms with Crippen LogP contribution in [0.2, 0.25) is 0 Å². The Morgan fingerprint density at radius 3 is 2.45 bits per heavy atom. The highest BCUT2D eigenvalue weighted by atomic mass is 16.5. The zero-order chi connectivity index (χ0) is 14.5. The first-order valence-electron chi connectivity index (χ1n) is 6.84. The van der Waals surface area contributed by atoms with Crippen LogP contribution >= 0.6 is 0 Å². The minimum Gasteiger partial charge on any atom is -0.374 e. The number of hydrogen-bond acceptors (Lipinski definition) is 4. The van der Waals surface area contributed by atoms with Crippen LogP contribution < -0.4 is 4.90 Å². The summed E-state index contributed by atoms with van der Waals surface area (Å²) in [5.41, 5.74) is 2.18. The van der Waals surface area contributed by atoms with Gasteiger partial charge in [-0.15, -0.1) is 0 Å². The Labute approximate surface area is 120 Å². The second-order valence-corrected chi connectivity index (χ2v) is 4.85. The molecule has 20 heavy (non-hydrogen) atoms. The van der Waals surface area contributed by atoms with Gasteiger partial charge in [0.25, 0.3) is 0 Å². The van der Waals surface area contributed by atoms with Crippen molar-refractivity contribution in [3.8, 4) is 11.4 Å². The average molecular weight is 271 g/mol. The summed E-state index contributed by atoms with van der Waals surface area (Å²) < 4.78 is 5.59. The average Bonchev–Trinajstić information content (AvgIpc) is 2.48. The molecule has 0 saturated carbocycles. The van der Waals surface area contributed by atoms with Gasteiger partial charge in [-0.25, -0.2) is 9.97 Å². The molecule has 0 radical (unpaired) electrons. The highest BCUT2D eigenvalue weighted by molar-refractivity contribution is 5.57. The van der Waals surface area contributed by atoms with E-state index in [1.807, 2.05) is 44.1 Å². The fourth-order valence-electron chi connectivity index (χ4n) is 1.99. The third-order valence-electron chi connectivity index (χ3n) is 3.15. The molecule has 0 unspecified atom stereocenters. The maximum Gasteiger partial charge on any atom is 0.161 e. The summed E-state index contributed by atoms with van der Waals surface area (Å²) >= 11 is 0. The van der Waals surface area contributed by atoms with E-state index in [-0.39, 0.29) is 6.10 Å². The maximum atomic E-state index is 5.59. The minimum absolute atomic E-state index is 0.114. The Bertz CT molecular complexity index is 552. The second-order valence-electron chi connectivity index (χ2n) is 4.85. The van der Waals surface area contributed by atoms with E-state index in [1.165, 1.54) is 5.56 Å². The molecule has 0 fully saturated rings. The highest BCUT2D eigenvalue weighted by Crippen LogP contribution is 2.22. The molecule has 4 heteroatoms. The van der Waals surface area contributed by atoms with E-state index < -0.39 is 0 Å². The van der Waals surface area contributed by atoms with Crippen LogP contribution in [0.3, 0.4) is 0 Å². The van der Waals surface area contributed by atoms with Gasteiger partial charge in [0.15, 0.2) is 5.82 Å². The molecule has 1 heterocycles. The quantitative estimate of drug-likeness (QED) is 0.836. The Balaban J connectivity index is 2.23. The van der Waals surface area contributed by atoms with Gasteiger partial charge in [-0.2, -0.15) is 0 Å². The summed E-state index contributed by atoms with van der Waals surface area (Å²) in [4.78, 5) is 10.8. The molecular weight excluding hydrogens is 250 g/mol. The molecule has 0 saturated heterocycles. The van der Waals surface area contributed by atoms with Crippen molar-refractivity contribution in [2.75, 3.05) is 25.6 Å². The predicted octanol–water partition coefficient (Wildman–Crippen LogP) is 3.31. The van der Waals surface area contributed by atoms with E-state index in [2.05, 4.69) is 29.0 Å². The predicted molar refractivity (Wildman–Crippen MR) is 81.8 cm³/mol. The minimum atomic E-state index is 0.114. The lowest BCUT2D eigenvalue weighted by molar-refractivity contribution is 0.0764. The van der Waals surface area contributed by atoms with Crippen LogP contribution in [-0.4, -0.2) is 30.7 Å². The Morgan fingerprint density at radius 2 is 1.85 bits per heavy atom. The van der Waals surface area contributed by atoms with Crippen LogP contribution in [0.1, 0.15) is 25.5 Å². The lowest BCUT2D eigenvalue weighted by Crippen LogP contribution is -2.11. The number of benzene rings is 1. The molecule has 0 amide bonds. The van der Waals surface area contributed by atoms with Crippen molar-refractivity contribution in [1.29, 1.82) is 0 Å². The van der Waals surface area contributed by atoms with E-state index in [0.29, 0.717) is 0 Å². The van der Waals surface area contributed by atoms with Gasteiger partial charge in [0, 0.05) is 32.5 Å². The first-order chi connectivity index (χ1) is 9.61. The lowest BCUT2D eigenvalue weighted by atomic mass is 10.1. The lowest BCUT2D eigenvalue weighted by Gasteiger charge is -2.13. The largest absolute Gasteiger partial charge is 0.374 e. The zero-order valence-corrected chi connectivity index (χ0v) is 12.5. The second kappa shape index (κ2) is 6.48. The number of nitrogens with zero attached hydrogens (tertiary/aromatic N) is 3. The van der Waals surface area contributed by atoms with Gasteiger partial charge in [0.05, 0.1) is 6.10 Å². The monoisotopic (exact) mass is 271 g/mol. The molecule has 0 bridgehead atoms. The molecule has 0 aliphatic rings. The summed E-state index contributed by atoms with van der Waals surface area (Å²) in [5.74, 6) is 1.65. The SMILES string of the molecule is CCO[C@H](C)c1ccc(-c2nccc(N(C)C)n2)cc1. The van der Waals surface area contributed by atoms with Crippen LogP contribution in [0.5, 0.6) is 0 Å². The van der Waals surface area contributed by atoms with E-state index in [1.54, 1.807) is 6.20 Å². The maximum absolute atomic E-state index is 5.59. The Morgan fingerprint density at radius 1 is 1.15 bits per heavy atom. The number of rotatable bonds is 5. The molecular formula is C16H21N3O. The van der Waals surface area contributed by atoms with Gasteiger partial charge in [-0.3, -0.25) is 0 Å². The first-order valence-corrected chi connectivity index (χ1v) is 6.84. The third kappa shape index (κ3) is 3.33. The smallest absolute Gasteiger partial charge is 0.161 e. The van der Waals surface area contributed by atoms with E-state index >= 15 is 0 Å². The van der Waals surface area contributed by atoms with Crippen molar-refractivity contribution in [3.05, 3.63) is 42.1 Å². The van der Waals surface area contributed by atoms with Crippen LogP contribution in [0.15, 0.2) is 36.5 Å². The van der Waals surface area contributed by atoms with Gasteiger partial charge >= 0.3 is 0 Å². The van der Waals surface area contributed by atoms with Crippen molar-refractivity contribution in [2.24, 2.45) is 0 Å². The normalized spacial score (nSPS) is 12.2. The standard InChI is InChI=1S/C16H21N3O/c1-5-20-12(2)13-6-8-14(9-7-13)16-17-11-10-15(18-16)19(3)4/h6-12H,5H2,1-4H3/t12-/m1/s1. The molecule has 0 spiro atoms.